The molecular weight excluding hydrogens is 319 g/mol. The summed E-state index contributed by atoms with van der Waals surface area (Å²) >= 11 is 0. The van der Waals surface area contributed by atoms with E-state index in [4.69, 9.17) is 0 Å². The summed E-state index contributed by atoms with van der Waals surface area (Å²) < 4.78 is 12.9. The number of nitrogens with one attached hydrogen (secondary N) is 3. The predicted octanol–water partition coefficient (Wildman–Crippen LogP) is 2.69. The summed E-state index contributed by atoms with van der Waals surface area (Å²) in [5, 5.41) is 9.18. The van der Waals surface area contributed by atoms with Gasteiger partial charge < -0.3 is 16.0 Å². The zero-order valence-corrected chi connectivity index (χ0v) is 14.5. The molecule has 0 aliphatic carbocycles. The smallest absolute Gasteiger partial charge is 0.221 e. The molecular formula is C19H23FN4O. The highest BCUT2D eigenvalue weighted by Crippen LogP contribution is 2.09. The van der Waals surface area contributed by atoms with Crippen LogP contribution in [0, 0.1) is 5.82 Å². The van der Waals surface area contributed by atoms with Gasteiger partial charge in [0.2, 0.25) is 5.91 Å². The van der Waals surface area contributed by atoms with Crippen LogP contribution in [0.1, 0.15) is 18.1 Å². The van der Waals surface area contributed by atoms with Gasteiger partial charge in [-0.05, 0) is 41.8 Å². The second kappa shape index (κ2) is 9.42. The lowest BCUT2D eigenvalue weighted by Crippen LogP contribution is -2.37. The van der Waals surface area contributed by atoms with Crippen LogP contribution in [0.15, 0.2) is 53.5 Å². The van der Waals surface area contributed by atoms with Crippen LogP contribution >= 0.6 is 0 Å². The molecule has 6 heteroatoms. The third-order valence-corrected chi connectivity index (χ3v) is 3.58. The Bertz CT molecular complexity index is 711. The molecule has 0 heterocycles. The highest BCUT2D eigenvalue weighted by atomic mass is 19.1. The van der Waals surface area contributed by atoms with Gasteiger partial charge in [-0.1, -0.05) is 24.3 Å². The molecule has 0 saturated heterocycles. The molecule has 0 atom stereocenters. The van der Waals surface area contributed by atoms with Crippen molar-refractivity contribution in [2.75, 3.05) is 18.9 Å². The number of anilines is 1. The van der Waals surface area contributed by atoms with E-state index in [9.17, 15) is 9.18 Å². The van der Waals surface area contributed by atoms with Crippen LogP contribution in [-0.4, -0.2) is 25.5 Å². The summed E-state index contributed by atoms with van der Waals surface area (Å²) in [6.07, 6.45) is 0.831. The molecule has 25 heavy (non-hydrogen) atoms. The number of benzene rings is 2. The maximum absolute atomic E-state index is 12.9. The van der Waals surface area contributed by atoms with Gasteiger partial charge in [-0.3, -0.25) is 9.79 Å². The van der Waals surface area contributed by atoms with Gasteiger partial charge in [-0.25, -0.2) is 4.39 Å². The first-order chi connectivity index (χ1) is 12.1. The van der Waals surface area contributed by atoms with Gasteiger partial charge in [0.05, 0.1) is 0 Å². The molecule has 3 N–H and O–H groups in total. The zero-order chi connectivity index (χ0) is 18.1. The van der Waals surface area contributed by atoms with E-state index in [2.05, 4.69) is 20.9 Å². The Morgan fingerprint density at radius 2 is 1.64 bits per heavy atom. The molecule has 0 aromatic heterocycles. The van der Waals surface area contributed by atoms with Gasteiger partial charge in [0.1, 0.15) is 5.82 Å². The standard InChI is InChI=1S/C19H23FN4O/c1-14(25)24-18-9-5-15(6-10-18)11-12-22-19(21-2)23-13-16-3-7-17(20)8-4-16/h3-10H,11-13H2,1-2H3,(H,24,25)(H2,21,22,23). The Kier molecular flexibility index (Phi) is 6.95. The number of carbonyl (C=O) groups excluding carboxylic acids is 1. The Labute approximate surface area is 147 Å². The first-order valence-corrected chi connectivity index (χ1v) is 8.12. The Morgan fingerprint density at radius 1 is 1.00 bits per heavy atom. The largest absolute Gasteiger partial charge is 0.356 e. The van der Waals surface area contributed by atoms with Crippen molar-refractivity contribution >= 4 is 17.6 Å². The fourth-order valence-corrected chi connectivity index (χ4v) is 2.29. The number of hydrogen-bond acceptors (Lipinski definition) is 2. The molecule has 0 radical (unpaired) electrons. The Hall–Kier alpha value is -2.89. The summed E-state index contributed by atoms with van der Waals surface area (Å²) in [4.78, 5) is 15.2. The van der Waals surface area contributed by atoms with Gasteiger partial charge >= 0.3 is 0 Å². The summed E-state index contributed by atoms with van der Waals surface area (Å²) in [7, 11) is 1.71. The lowest BCUT2D eigenvalue weighted by Gasteiger charge is -2.12. The SMILES string of the molecule is CN=C(NCCc1ccc(NC(C)=O)cc1)NCc1ccc(F)cc1. The molecule has 0 aliphatic rings. The maximum atomic E-state index is 12.9. The number of nitrogens with zero attached hydrogens (tertiary/aromatic N) is 1. The van der Waals surface area contributed by atoms with Crippen molar-refractivity contribution in [3.8, 4) is 0 Å². The molecule has 2 aromatic carbocycles. The molecule has 0 bridgehead atoms. The van der Waals surface area contributed by atoms with Crippen LogP contribution in [-0.2, 0) is 17.8 Å². The Morgan fingerprint density at radius 3 is 2.24 bits per heavy atom. The number of aliphatic imine (C=N–C) groups is 1. The van der Waals surface area contributed by atoms with Crippen molar-refractivity contribution in [2.45, 2.75) is 19.9 Å². The van der Waals surface area contributed by atoms with E-state index in [0.29, 0.717) is 12.5 Å². The third kappa shape index (κ3) is 6.63. The van der Waals surface area contributed by atoms with Gasteiger partial charge in [0.15, 0.2) is 5.96 Å². The maximum Gasteiger partial charge on any atom is 0.221 e. The van der Waals surface area contributed by atoms with Crippen molar-refractivity contribution in [2.24, 2.45) is 4.99 Å². The molecule has 2 aromatic rings. The van der Waals surface area contributed by atoms with E-state index in [-0.39, 0.29) is 11.7 Å². The van der Waals surface area contributed by atoms with E-state index in [1.807, 2.05) is 24.3 Å². The lowest BCUT2D eigenvalue weighted by atomic mass is 10.1. The topological polar surface area (TPSA) is 65.5 Å². The Balaban J connectivity index is 1.75. The molecule has 2 rings (SSSR count). The molecule has 0 saturated carbocycles. The fraction of sp³-hybridized carbons (Fsp3) is 0.263. The first kappa shape index (κ1) is 18.4. The van der Waals surface area contributed by atoms with Gasteiger partial charge in [-0.15, -0.1) is 0 Å². The normalized spacial score (nSPS) is 11.1. The average Bonchev–Trinajstić information content (AvgIpc) is 2.60. The molecule has 5 nitrogen and oxygen atoms in total. The highest BCUT2D eigenvalue weighted by Gasteiger charge is 2.00. The van der Waals surface area contributed by atoms with Crippen molar-refractivity contribution in [3.63, 3.8) is 0 Å². The van der Waals surface area contributed by atoms with E-state index < -0.39 is 0 Å². The molecule has 132 valence electrons. The fourth-order valence-electron chi connectivity index (χ4n) is 2.29. The third-order valence-electron chi connectivity index (χ3n) is 3.58. The quantitative estimate of drug-likeness (QED) is 0.559. The van der Waals surface area contributed by atoms with Crippen LogP contribution in [0.3, 0.4) is 0 Å². The predicted molar refractivity (Wildman–Crippen MR) is 99.1 cm³/mol. The van der Waals surface area contributed by atoms with E-state index in [1.165, 1.54) is 19.1 Å². The number of carbonyl (C=O) groups is 1. The van der Waals surface area contributed by atoms with Crippen molar-refractivity contribution < 1.29 is 9.18 Å². The molecule has 0 spiro atoms. The van der Waals surface area contributed by atoms with E-state index >= 15 is 0 Å². The monoisotopic (exact) mass is 342 g/mol. The van der Waals surface area contributed by atoms with Gasteiger partial charge in [-0.2, -0.15) is 0 Å². The molecule has 0 aliphatic heterocycles. The summed E-state index contributed by atoms with van der Waals surface area (Å²) in [6, 6.07) is 14.1. The van der Waals surface area contributed by atoms with Crippen molar-refractivity contribution in [1.29, 1.82) is 0 Å². The van der Waals surface area contributed by atoms with E-state index in [0.717, 1.165) is 29.8 Å². The van der Waals surface area contributed by atoms with Crippen LogP contribution in [0.5, 0.6) is 0 Å². The number of guanidine groups is 1. The summed E-state index contributed by atoms with van der Waals surface area (Å²) in [6.45, 7) is 2.79. The average molecular weight is 342 g/mol. The van der Waals surface area contributed by atoms with E-state index in [1.54, 1.807) is 19.2 Å². The molecule has 0 fully saturated rings. The second-order valence-electron chi connectivity index (χ2n) is 5.61. The minimum absolute atomic E-state index is 0.0783. The van der Waals surface area contributed by atoms with Crippen LogP contribution in [0.25, 0.3) is 0 Å². The zero-order valence-electron chi connectivity index (χ0n) is 14.5. The highest BCUT2D eigenvalue weighted by molar-refractivity contribution is 5.88. The van der Waals surface area contributed by atoms with Gasteiger partial charge in [0, 0.05) is 32.7 Å². The number of halogens is 1. The second-order valence-corrected chi connectivity index (χ2v) is 5.61. The minimum Gasteiger partial charge on any atom is -0.356 e. The minimum atomic E-state index is -0.240. The van der Waals surface area contributed by atoms with Crippen molar-refractivity contribution in [1.82, 2.24) is 10.6 Å². The molecule has 1 amide bonds. The van der Waals surface area contributed by atoms with Gasteiger partial charge in [0.25, 0.3) is 0 Å². The van der Waals surface area contributed by atoms with Crippen molar-refractivity contribution in [3.05, 3.63) is 65.5 Å². The lowest BCUT2D eigenvalue weighted by molar-refractivity contribution is -0.114. The van der Waals surface area contributed by atoms with Crippen LogP contribution in [0.2, 0.25) is 0 Å². The van der Waals surface area contributed by atoms with Crippen LogP contribution in [0.4, 0.5) is 10.1 Å². The first-order valence-electron chi connectivity index (χ1n) is 8.12. The number of amides is 1. The summed E-state index contributed by atoms with van der Waals surface area (Å²) in [5.74, 6) is 0.375. The number of hydrogen-bond donors (Lipinski definition) is 3. The van der Waals surface area contributed by atoms with Crippen LogP contribution < -0.4 is 16.0 Å². The summed E-state index contributed by atoms with van der Waals surface area (Å²) in [5.41, 5.74) is 2.94. The number of rotatable bonds is 6. The molecule has 0 unspecified atom stereocenters.